The van der Waals surface area contributed by atoms with Crippen molar-refractivity contribution in [3.8, 4) is 0 Å². The standard InChI is InChI=1S/C14H19N5O/c1-14(2,15)12-9-19(17-16-12)10-13(20)18(3)11-7-5-4-6-8-11/h4-9H,10,15H2,1-3H3. The molecule has 6 nitrogen and oxygen atoms in total. The van der Waals surface area contributed by atoms with Gasteiger partial charge in [0.05, 0.1) is 11.7 Å². The van der Waals surface area contributed by atoms with Crippen LogP contribution >= 0.6 is 0 Å². The first-order valence-electron chi connectivity index (χ1n) is 6.39. The number of anilines is 1. The summed E-state index contributed by atoms with van der Waals surface area (Å²) in [7, 11) is 1.74. The van der Waals surface area contributed by atoms with E-state index in [1.165, 1.54) is 4.68 Å². The van der Waals surface area contributed by atoms with Crippen LogP contribution in [0.25, 0.3) is 0 Å². The summed E-state index contributed by atoms with van der Waals surface area (Å²) in [5.74, 6) is -0.0672. The molecule has 0 bridgehead atoms. The monoisotopic (exact) mass is 273 g/mol. The van der Waals surface area contributed by atoms with Gasteiger partial charge in [0.15, 0.2) is 0 Å². The number of nitrogens with zero attached hydrogens (tertiary/aromatic N) is 4. The lowest BCUT2D eigenvalue weighted by molar-refractivity contribution is -0.119. The normalized spacial score (nSPS) is 11.4. The molecule has 2 rings (SSSR count). The fourth-order valence-electron chi connectivity index (χ4n) is 1.71. The van der Waals surface area contributed by atoms with Crippen molar-refractivity contribution in [1.82, 2.24) is 15.0 Å². The highest BCUT2D eigenvalue weighted by Crippen LogP contribution is 2.14. The van der Waals surface area contributed by atoms with Crippen LogP contribution in [0.1, 0.15) is 19.5 Å². The second-order valence-corrected chi connectivity index (χ2v) is 5.31. The number of hydrogen-bond acceptors (Lipinski definition) is 4. The Balaban J connectivity index is 2.07. The van der Waals surface area contributed by atoms with Crippen molar-refractivity contribution in [1.29, 1.82) is 0 Å². The molecule has 1 amide bonds. The minimum Gasteiger partial charge on any atom is -0.320 e. The van der Waals surface area contributed by atoms with E-state index in [2.05, 4.69) is 10.3 Å². The molecule has 0 unspecified atom stereocenters. The first kappa shape index (κ1) is 14.2. The molecule has 1 aromatic carbocycles. The van der Waals surface area contributed by atoms with Crippen LogP contribution in [0.2, 0.25) is 0 Å². The van der Waals surface area contributed by atoms with Gasteiger partial charge in [-0.25, -0.2) is 4.68 Å². The third-order valence-corrected chi connectivity index (χ3v) is 3.01. The zero-order chi connectivity index (χ0) is 14.8. The van der Waals surface area contributed by atoms with Gasteiger partial charge >= 0.3 is 0 Å². The van der Waals surface area contributed by atoms with E-state index >= 15 is 0 Å². The molecule has 0 radical (unpaired) electrons. The number of carbonyl (C=O) groups excluding carboxylic acids is 1. The number of carbonyl (C=O) groups is 1. The molecular weight excluding hydrogens is 254 g/mol. The van der Waals surface area contributed by atoms with Crippen molar-refractivity contribution >= 4 is 11.6 Å². The van der Waals surface area contributed by atoms with Gasteiger partial charge in [-0.1, -0.05) is 23.4 Å². The Morgan fingerprint density at radius 2 is 2.00 bits per heavy atom. The number of para-hydroxylation sites is 1. The van der Waals surface area contributed by atoms with Crippen LogP contribution in [-0.2, 0) is 16.9 Å². The average molecular weight is 273 g/mol. The van der Waals surface area contributed by atoms with Crippen LogP contribution < -0.4 is 10.6 Å². The van der Waals surface area contributed by atoms with Crippen molar-refractivity contribution in [2.45, 2.75) is 25.9 Å². The van der Waals surface area contributed by atoms with Gasteiger partial charge in [0.25, 0.3) is 0 Å². The number of nitrogens with two attached hydrogens (primary N) is 1. The largest absolute Gasteiger partial charge is 0.320 e. The molecule has 1 heterocycles. The minimum atomic E-state index is -0.563. The summed E-state index contributed by atoms with van der Waals surface area (Å²) in [6, 6.07) is 9.46. The van der Waals surface area contributed by atoms with Gasteiger partial charge in [0.1, 0.15) is 12.2 Å². The van der Waals surface area contributed by atoms with Crippen molar-refractivity contribution in [3.05, 3.63) is 42.2 Å². The molecule has 20 heavy (non-hydrogen) atoms. The molecule has 0 atom stereocenters. The highest BCUT2D eigenvalue weighted by Gasteiger charge is 2.19. The number of rotatable bonds is 4. The summed E-state index contributed by atoms with van der Waals surface area (Å²) in [5, 5.41) is 7.93. The summed E-state index contributed by atoms with van der Waals surface area (Å²) in [5.41, 5.74) is 6.88. The summed E-state index contributed by atoms with van der Waals surface area (Å²) >= 11 is 0. The Bertz CT molecular complexity index is 585. The SMILES string of the molecule is CN(C(=O)Cn1cc(C(C)(C)N)nn1)c1ccccc1. The fraction of sp³-hybridized carbons (Fsp3) is 0.357. The number of likely N-dealkylation sites (N-methyl/N-ethyl adjacent to an activating group) is 1. The Kier molecular flexibility index (Phi) is 3.85. The lowest BCUT2D eigenvalue weighted by Crippen LogP contribution is -2.30. The summed E-state index contributed by atoms with van der Waals surface area (Å²) in [6.45, 7) is 3.83. The maximum absolute atomic E-state index is 12.2. The molecule has 0 saturated carbocycles. The Morgan fingerprint density at radius 1 is 1.35 bits per heavy atom. The van der Waals surface area contributed by atoms with Crippen molar-refractivity contribution in [2.24, 2.45) is 5.73 Å². The van der Waals surface area contributed by atoms with E-state index in [4.69, 9.17) is 5.73 Å². The van der Waals surface area contributed by atoms with E-state index in [0.29, 0.717) is 5.69 Å². The summed E-state index contributed by atoms with van der Waals surface area (Å²) < 4.78 is 1.51. The van der Waals surface area contributed by atoms with Crippen LogP contribution in [0.4, 0.5) is 5.69 Å². The maximum atomic E-state index is 12.2. The van der Waals surface area contributed by atoms with E-state index in [0.717, 1.165) is 5.69 Å². The van der Waals surface area contributed by atoms with Gasteiger partial charge in [-0.15, -0.1) is 5.10 Å². The van der Waals surface area contributed by atoms with Crippen molar-refractivity contribution in [3.63, 3.8) is 0 Å². The predicted molar refractivity (Wildman–Crippen MR) is 77.1 cm³/mol. The third kappa shape index (κ3) is 3.21. The molecule has 1 aromatic heterocycles. The molecule has 0 aliphatic heterocycles. The second kappa shape index (κ2) is 5.42. The molecule has 0 fully saturated rings. The van der Waals surface area contributed by atoms with Crippen LogP contribution in [-0.4, -0.2) is 27.9 Å². The van der Waals surface area contributed by atoms with E-state index in [1.54, 1.807) is 18.1 Å². The van der Waals surface area contributed by atoms with Gasteiger partial charge in [0, 0.05) is 12.7 Å². The zero-order valence-electron chi connectivity index (χ0n) is 11.9. The van der Waals surface area contributed by atoms with Crippen molar-refractivity contribution in [2.75, 3.05) is 11.9 Å². The third-order valence-electron chi connectivity index (χ3n) is 3.01. The molecule has 0 saturated heterocycles. The molecule has 2 N–H and O–H groups in total. The van der Waals surface area contributed by atoms with Gasteiger partial charge < -0.3 is 10.6 Å². The molecule has 0 aliphatic carbocycles. The number of amides is 1. The van der Waals surface area contributed by atoms with Crippen LogP contribution in [0, 0.1) is 0 Å². The first-order valence-corrected chi connectivity index (χ1v) is 6.39. The fourth-order valence-corrected chi connectivity index (χ4v) is 1.71. The van der Waals surface area contributed by atoms with Crippen LogP contribution in [0.3, 0.4) is 0 Å². The Labute approximate surface area is 118 Å². The van der Waals surface area contributed by atoms with Crippen molar-refractivity contribution < 1.29 is 4.79 Å². The second-order valence-electron chi connectivity index (χ2n) is 5.31. The maximum Gasteiger partial charge on any atom is 0.248 e. The highest BCUT2D eigenvalue weighted by atomic mass is 16.2. The van der Waals surface area contributed by atoms with Gasteiger partial charge in [-0.3, -0.25) is 4.79 Å². The molecule has 0 aliphatic rings. The molecular formula is C14H19N5O. The molecule has 6 heteroatoms. The number of aromatic nitrogens is 3. The smallest absolute Gasteiger partial charge is 0.248 e. The Hall–Kier alpha value is -2.21. The lowest BCUT2D eigenvalue weighted by Gasteiger charge is -2.17. The average Bonchev–Trinajstić information content (AvgIpc) is 2.87. The zero-order valence-corrected chi connectivity index (χ0v) is 11.9. The lowest BCUT2D eigenvalue weighted by atomic mass is 10.0. The molecule has 2 aromatic rings. The highest BCUT2D eigenvalue weighted by molar-refractivity contribution is 5.92. The van der Waals surface area contributed by atoms with Gasteiger partial charge in [-0.2, -0.15) is 0 Å². The van der Waals surface area contributed by atoms with Gasteiger partial charge in [0.2, 0.25) is 5.91 Å². The van der Waals surface area contributed by atoms with E-state index in [-0.39, 0.29) is 12.5 Å². The summed E-state index contributed by atoms with van der Waals surface area (Å²) in [4.78, 5) is 13.8. The Morgan fingerprint density at radius 3 is 2.55 bits per heavy atom. The topological polar surface area (TPSA) is 77.0 Å². The first-order chi connectivity index (χ1) is 9.38. The molecule has 106 valence electrons. The van der Waals surface area contributed by atoms with Crippen LogP contribution in [0.5, 0.6) is 0 Å². The van der Waals surface area contributed by atoms with Gasteiger partial charge in [-0.05, 0) is 26.0 Å². The predicted octanol–water partition coefficient (Wildman–Crippen LogP) is 1.13. The van der Waals surface area contributed by atoms with Crippen LogP contribution in [0.15, 0.2) is 36.5 Å². The van der Waals surface area contributed by atoms with E-state index < -0.39 is 5.54 Å². The minimum absolute atomic E-state index is 0.0672. The quantitative estimate of drug-likeness (QED) is 0.906. The number of hydrogen-bond donors (Lipinski definition) is 1. The summed E-state index contributed by atoms with van der Waals surface area (Å²) in [6.07, 6.45) is 1.71. The number of benzene rings is 1. The molecule has 0 spiro atoms. The van der Waals surface area contributed by atoms with E-state index in [1.807, 2.05) is 44.2 Å². The van der Waals surface area contributed by atoms with E-state index in [9.17, 15) is 4.79 Å².